The smallest absolute Gasteiger partial charge is 0.253 e. The van der Waals surface area contributed by atoms with E-state index in [9.17, 15) is 14.7 Å². The van der Waals surface area contributed by atoms with E-state index < -0.39 is 0 Å². The van der Waals surface area contributed by atoms with E-state index >= 15 is 0 Å². The van der Waals surface area contributed by atoms with Crippen LogP contribution < -0.4 is 22.5 Å². The summed E-state index contributed by atoms with van der Waals surface area (Å²) in [5, 5.41) is 14.3. The van der Waals surface area contributed by atoms with Gasteiger partial charge < -0.3 is 46.9 Å². The van der Waals surface area contributed by atoms with Gasteiger partial charge in [-0.05, 0) is 124 Å². The summed E-state index contributed by atoms with van der Waals surface area (Å²) >= 11 is 0. The van der Waals surface area contributed by atoms with Gasteiger partial charge in [0.15, 0.2) is 0 Å². The summed E-state index contributed by atoms with van der Waals surface area (Å²) in [5.41, 5.74) is 26.7. The number of para-hydroxylation sites is 1. The van der Waals surface area contributed by atoms with Gasteiger partial charge in [-0.3, -0.25) is 9.59 Å². The topological polar surface area (TPSA) is 159 Å². The van der Waals surface area contributed by atoms with Crippen molar-refractivity contribution in [3.63, 3.8) is 0 Å². The Morgan fingerprint density at radius 1 is 0.891 bits per heavy atom. The molecule has 11 nitrogen and oxygen atoms in total. The number of nitrogens with zero attached hydrogens (tertiary/aromatic N) is 4. The SMILES string of the molecule is Cc1cc(C(=O)N2CCC(CN3CCC(n4ccc5c(C)c(NC=O)ccc54)CC3)CC2)ccc1C1CCCN(C(/C=C(\N)c2ccccc2O)=C(N)N)C1. The monoisotopic (exact) mass is 744 g/mol. The Morgan fingerprint density at radius 2 is 1.65 bits per heavy atom. The Kier molecular flexibility index (Phi) is 11.4. The number of aromatic nitrogens is 1. The largest absolute Gasteiger partial charge is 0.507 e. The van der Waals surface area contributed by atoms with Gasteiger partial charge in [0, 0.05) is 97.4 Å². The fourth-order valence-electron chi connectivity index (χ4n) is 9.19. The lowest BCUT2D eigenvalue weighted by Gasteiger charge is -2.38. The number of phenols is 1. The number of nitrogens with one attached hydrogen (secondary N) is 1. The molecular weight excluding hydrogens is 689 g/mol. The zero-order valence-electron chi connectivity index (χ0n) is 32.2. The number of allylic oxidation sites excluding steroid dienone is 1. The van der Waals surface area contributed by atoms with E-state index in [2.05, 4.69) is 64.0 Å². The highest BCUT2D eigenvalue weighted by atomic mass is 16.3. The van der Waals surface area contributed by atoms with Crippen LogP contribution in [0.2, 0.25) is 0 Å². The normalized spacial score (nSPS) is 19.1. The van der Waals surface area contributed by atoms with E-state index in [1.54, 1.807) is 24.3 Å². The minimum absolute atomic E-state index is 0.105. The van der Waals surface area contributed by atoms with E-state index in [1.165, 1.54) is 16.5 Å². The van der Waals surface area contributed by atoms with E-state index in [0.717, 1.165) is 113 Å². The molecule has 3 aromatic carbocycles. The molecule has 290 valence electrons. The molecule has 11 heteroatoms. The molecule has 0 radical (unpaired) electrons. The fraction of sp³-hybridized carbons (Fsp3) is 0.409. The van der Waals surface area contributed by atoms with Crippen molar-refractivity contribution >= 4 is 34.6 Å². The average molecular weight is 745 g/mol. The molecule has 3 aliphatic rings. The summed E-state index contributed by atoms with van der Waals surface area (Å²) in [6, 6.07) is 19.9. The number of fused-ring (bicyclic) bond motifs is 1. The van der Waals surface area contributed by atoms with Crippen molar-refractivity contribution in [2.75, 3.05) is 51.1 Å². The number of anilines is 1. The zero-order valence-corrected chi connectivity index (χ0v) is 32.2. The number of nitrogens with two attached hydrogens (primary N) is 3. The van der Waals surface area contributed by atoms with Gasteiger partial charge >= 0.3 is 0 Å². The molecule has 3 aliphatic heterocycles. The van der Waals surface area contributed by atoms with Gasteiger partial charge in [0.25, 0.3) is 5.91 Å². The van der Waals surface area contributed by atoms with Gasteiger partial charge in [0.2, 0.25) is 6.41 Å². The molecule has 1 unspecified atom stereocenters. The van der Waals surface area contributed by atoms with E-state index in [4.69, 9.17) is 17.2 Å². The number of hydrogen-bond acceptors (Lipinski definition) is 8. The van der Waals surface area contributed by atoms with Crippen LogP contribution in [0.1, 0.15) is 83.1 Å². The van der Waals surface area contributed by atoms with Crippen LogP contribution >= 0.6 is 0 Å². The van der Waals surface area contributed by atoms with Gasteiger partial charge in [-0.2, -0.15) is 0 Å². The van der Waals surface area contributed by atoms with Crippen molar-refractivity contribution in [2.45, 2.75) is 64.3 Å². The molecule has 1 aromatic heterocycles. The minimum atomic E-state index is 0.105. The molecular formula is C44H56N8O3. The van der Waals surface area contributed by atoms with Crippen molar-refractivity contribution in [2.24, 2.45) is 23.1 Å². The molecule has 8 N–H and O–H groups in total. The molecule has 1 atom stereocenters. The highest BCUT2D eigenvalue weighted by Crippen LogP contribution is 2.35. The number of benzene rings is 3. The predicted molar refractivity (Wildman–Crippen MR) is 220 cm³/mol. The number of amides is 2. The number of likely N-dealkylation sites (tertiary alicyclic amines) is 3. The average Bonchev–Trinajstić information content (AvgIpc) is 3.63. The lowest BCUT2D eigenvalue weighted by molar-refractivity contribution is -0.105. The third-order valence-electron chi connectivity index (χ3n) is 12.3. The Hall–Kier alpha value is -5.42. The lowest BCUT2D eigenvalue weighted by Crippen LogP contribution is -2.43. The zero-order chi connectivity index (χ0) is 38.6. The Morgan fingerprint density at radius 3 is 2.36 bits per heavy atom. The second-order valence-electron chi connectivity index (χ2n) is 15.7. The molecule has 0 aliphatic carbocycles. The number of rotatable bonds is 10. The molecule has 3 fully saturated rings. The molecule has 4 heterocycles. The van der Waals surface area contributed by atoms with E-state index in [1.807, 2.05) is 23.1 Å². The van der Waals surface area contributed by atoms with Crippen LogP contribution in [-0.4, -0.2) is 82.5 Å². The molecule has 3 saturated heterocycles. The number of aryl methyl sites for hydroxylation is 2. The van der Waals surface area contributed by atoms with Crippen molar-refractivity contribution in [3.8, 4) is 5.75 Å². The lowest BCUT2D eigenvalue weighted by atomic mass is 9.86. The summed E-state index contributed by atoms with van der Waals surface area (Å²) in [4.78, 5) is 31.6. The molecule has 7 rings (SSSR count). The van der Waals surface area contributed by atoms with E-state index in [-0.39, 0.29) is 23.4 Å². The first-order valence-electron chi connectivity index (χ1n) is 19.8. The second kappa shape index (κ2) is 16.5. The Labute approximate surface area is 324 Å². The van der Waals surface area contributed by atoms with Crippen LogP contribution in [0.4, 0.5) is 5.69 Å². The Balaban J connectivity index is 0.908. The molecule has 0 spiro atoms. The number of carbonyl (C=O) groups is 2. The summed E-state index contributed by atoms with van der Waals surface area (Å²) in [6.07, 6.45) is 11.0. The molecule has 4 aromatic rings. The minimum Gasteiger partial charge on any atom is -0.507 e. The number of carbonyl (C=O) groups excluding carboxylic acids is 2. The first-order valence-corrected chi connectivity index (χ1v) is 19.8. The van der Waals surface area contributed by atoms with Gasteiger partial charge in [-0.1, -0.05) is 18.2 Å². The number of piperidine rings is 3. The summed E-state index contributed by atoms with van der Waals surface area (Å²) in [7, 11) is 0. The summed E-state index contributed by atoms with van der Waals surface area (Å²) < 4.78 is 2.42. The van der Waals surface area contributed by atoms with E-state index in [0.29, 0.717) is 28.9 Å². The van der Waals surface area contributed by atoms with Gasteiger partial charge in [0.05, 0.1) is 5.70 Å². The maximum atomic E-state index is 13.7. The molecule has 0 saturated carbocycles. The van der Waals surface area contributed by atoms with Gasteiger partial charge in [-0.15, -0.1) is 0 Å². The van der Waals surface area contributed by atoms with Crippen LogP contribution in [0, 0.1) is 19.8 Å². The number of hydrogen-bond donors (Lipinski definition) is 5. The third kappa shape index (κ3) is 8.17. The highest BCUT2D eigenvalue weighted by molar-refractivity contribution is 5.94. The summed E-state index contributed by atoms with van der Waals surface area (Å²) in [5.74, 6) is 1.26. The number of aromatic hydroxyl groups is 1. The van der Waals surface area contributed by atoms with Crippen molar-refractivity contribution in [3.05, 3.63) is 112 Å². The van der Waals surface area contributed by atoms with Crippen LogP contribution in [0.25, 0.3) is 16.6 Å². The van der Waals surface area contributed by atoms with Crippen molar-refractivity contribution in [1.29, 1.82) is 0 Å². The quantitative estimate of drug-likeness (QED) is 0.0979. The van der Waals surface area contributed by atoms with Gasteiger partial charge in [0.1, 0.15) is 11.6 Å². The van der Waals surface area contributed by atoms with Crippen LogP contribution in [-0.2, 0) is 4.79 Å². The summed E-state index contributed by atoms with van der Waals surface area (Å²) in [6.45, 7) is 10.5. The predicted octanol–water partition coefficient (Wildman–Crippen LogP) is 5.99. The van der Waals surface area contributed by atoms with Crippen LogP contribution in [0.5, 0.6) is 5.75 Å². The van der Waals surface area contributed by atoms with Crippen LogP contribution in [0.15, 0.2) is 84.5 Å². The third-order valence-corrected chi connectivity index (χ3v) is 12.3. The van der Waals surface area contributed by atoms with Crippen LogP contribution in [0.3, 0.4) is 0 Å². The van der Waals surface area contributed by atoms with Gasteiger partial charge in [-0.25, -0.2) is 0 Å². The maximum Gasteiger partial charge on any atom is 0.253 e. The molecule has 55 heavy (non-hydrogen) atoms. The first-order chi connectivity index (χ1) is 26.6. The fourth-order valence-corrected chi connectivity index (χ4v) is 9.19. The molecule has 0 bridgehead atoms. The van der Waals surface area contributed by atoms with Crippen molar-refractivity contribution < 1.29 is 14.7 Å². The highest BCUT2D eigenvalue weighted by Gasteiger charge is 2.29. The molecule has 2 amide bonds. The Bertz CT molecular complexity index is 2080. The second-order valence-corrected chi connectivity index (χ2v) is 15.7. The standard InChI is InChI=1S/C44H56N8O3/c1-29-24-32(9-10-35(29)33-6-5-18-51(27-33)41(43(46)47)25-38(45)37-7-3-4-8-42(37)54)44(55)50-21-13-31(14-22-50)26-49-19-15-34(16-20-49)52-23-17-36-30(2)39(48-28-53)11-12-40(36)52/h3-4,7-12,17,23-25,28,31,33-34,54H,5-6,13-16,18-22,26-27,45-47H2,1-2H3,(H,48,53)/b38-25-. The first kappa shape index (κ1) is 37.9. The maximum absolute atomic E-state index is 13.7. The number of phenolic OH excluding ortho intramolecular Hbond substituents is 1. The van der Waals surface area contributed by atoms with Crippen molar-refractivity contribution in [1.82, 2.24) is 19.3 Å².